The van der Waals surface area contributed by atoms with Gasteiger partial charge in [-0.2, -0.15) is 4.68 Å². The number of allylic oxidation sites excluding steroid dienone is 1. The average molecular weight is 436 g/mol. The Kier molecular flexibility index (Phi) is 5.33. The quantitative estimate of drug-likeness (QED) is 0.262. The molecular weight excluding hydrogens is 420 g/mol. The largest absolute Gasteiger partial charge is 0.497 e. The van der Waals surface area contributed by atoms with Crippen LogP contribution >= 0.6 is 0 Å². The van der Waals surface area contributed by atoms with Crippen LogP contribution in [-0.2, 0) is 9.53 Å². The first-order valence-corrected chi connectivity index (χ1v) is 9.25. The molecule has 32 heavy (non-hydrogen) atoms. The van der Waals surface area contributed by atoms with Crippen LogP contribution in [0.1, 0.15) is 22.0 Å². The van der Waals surface area contributed by atoms with Gasteiger partial charge in [-0.25, -0.2) is 4.79 Å². The first kappa shape index (κ1) is 20.7. The Hall–Kier alpha value is -4.61. The van der Waals surface area contributed by atoms with Gasteiger partial charge < -0.3 is 14.8 Å². The summed E-state index contributed by atoms with van der Waals surface area (Å²) in [5.74, 6) is -0.685. The van der Waals surface area contributed by atoms with Crippen LogP contribution in [0.4, 0.5) is 11.6 Å². The van der Waals surface area contributed by atoms with Crippen LogP contribution in [0.15, 0.2) is 59.8 Å². The maximum absolute atomic E-state index is 13.6. The lowest BCUT2D eigenvalue weighted by Gasteiger charge is -2.28. The number of nitrogens with one attached hydrogen (secondary N) is 1. The molecule has 1 aliphatic rings. The third kappa shape index (κ3) is 3.53. The van der Waals surface area contributed by atoms with Crippen LogP contribution < -0.4 is 10.1 Å². The van der Waals surface area contributed by atoms with Crippen molar-refractivity contribution < 1.29 is 24.0 Å². The van der Waals surface area contributed by atoms with E-state index in [0.29, 0.717) is 11.3 Å². The number of hydrogen-bond acceptors (Lipinski definition) is 10. The van der Waals surface area contributed by atoms with E-state index in [0.717, 1.165) is 0 Å². The van der Waals surface area contributed by atoms with Crippen LogP contribution in [0.3, 0.4) is 0 Å². The molecule has 0 unspecified atom stereocenters. The second-order valence-corrected chi connectivity index (χ2v) is 6.66. The Morgan fingerprint density at radius 2 is 1.91 bits per heavy atom. The molecule has 0 spiro atoms. The van der Waals surface area contributed by atoms with E-state index in [-0.39, 0.29) is 28.5 Å². The monoisotopic (exact) mass is 436 g/mol. The van der Waals surface area contributed by atoms with Gasteiger partial charge in [0.15, 0.2) is 5.78 Å². The molecule has 4 rings (SSSR count). The van der Waals surface area contributed by atoms with E-state index < -0.39 is 22.7 Å². The average Bonchev–Trinajstić information content (AvgIpc) is 3.30. The highest BCUT2D eigenvalue weighted by atomic mass is 16.6. The van der Waals surface area contributed by atoms with Gasteiger partial charge in [-0.05, 0) is 40.3 Å². The number of fused-ring (bicyclic) bond motifs is 1. The van der Waals surface area contributed by atoms with E-state index in [4.69, 9.17) is 9.47 Å². The predicted molar refractivity (Wildman–Crippen MR) is 109 cm³/mol. The summed E-state index contributed by atoms with van der Waals surface area (Å²) in [5, 5.41) is 25.2. The summed E-state index contributed by atoms with van der Waals surface area (Å²) in [6.07, 6.45) is 0. The smallest absolute Gasteiger partial charge is 0.355 e. The van der Waals surface area contributed by atoms with Crippen molar-refractivity contribution in [3.8, 4) is 5.75 Å². The van der Waals surface area contributed by atoms with Gasteiger partial charge in [0.2, 0.25) is 5.95 Å². The number of nitro groups is 1. The fourth-order valence-electron chi connectivity index (χ4n) is 3.40. The van der Waals surface area contributed by atoms with E-state index in [9.17, 15) is 19.7 Å². The summed E-state index contributed by atoms with van der Waals surface area (Å²) in [6.45, 7) is 0. The van der Waals surface area contributed by atoms with Crippen molar-refractivity contribution in [3.63, 3.8) is 0 Å². The van der Waals surface area contributed by atoms with Crippen molar-refractivity contribution in [2.45, 2.75) is 6.04 Å². The van der Waals surface area contributed by atoms with E-state index >= 15 is 0 Å². The lowest BCUT2D eigenvalue weighted by Crippen LogP contribution is -2.33. The number of tetrazole rings is 1. The number of methoxy groups -OCH3 is 2. The number of ether oxygens (including phenoxy) is 2. The molecule has 1 atom stereocenters. The number of rotatable bonds is 6. The maximum Gasteiger partial charge on any atom is 0.355 e. The summed E-state index contributed by atoms with van der Waals surface area (Å²) < 4.78 is 11.5. The van der Waals surface area contributed by atoms with Crippen molar-refractivity contribution in [1.29, 1.82) is 0 Å². The molecule has 162 valence electrons. The Labute approximate surface area is 180 Å². The molecule has 1 aromatic heterocycles. The van der Waals surface area contributed by atoms with Gasteiger partial charge in [0.25, 0.3) is 5.69 Å². The summed E-state index contributed by atoms with van der Waals surface area (Å²) in [4.78, 5) is 36.6. The summed E-state index contributed by atoms with van der Waals surface area (Å²) >= 11 is 0. The number of carbonyl (C=O) groups excluding carboxylic acids is 2. The normalized spacial score (nSPS) is 14.9. The lowest BCUT2D eigenvalue weighted by atomic mass is 9.89. The van der Waals surface area contributed by atoms with Crippen molar-refractivity contribution in [2.75, 3.05) is 19.5 Å². The van der Waals surface area contributed by atoms with Crippen molar-refractivity contribution >= 4 is 23.4 Å². The van der Waals surface area contributed by atoms with E-state index in [1.807, 2.05) is 0 Å². The number of non-ortho nitro benzene ring substituents is 1. The minimum atomic E-state index is -0.895. The molecule has 0 fully saturated rings. The minimum Gasteiger partial charge on any atom is -0.497 e. The predicted octanol–water partition coefficient (Wildman–Crippen LogP) is 1.91. The van der Waals surface area contributed by atoms with Crippen LogP contribution in [0, 0.1) is 10.1 Å². The highest BCUT2D eigenvalue weighted by Gasteiger charge is 2.38. The van der Waals surface area contributed by atoms with Crippen LogP contribution in [0.5, 0.6) is 5.75 Å². The van der Waals surface area contributed by atoms with Gasteiger partial charge in [-0.1, -0.05) is 17.2 Å². The van der Waals surface area contributed by atoms with Gasteiger partial charge in [0, 0.05) is 17.7 Å². The van der Waals surface area contributed by atoms with Gasteiger partial charge in [0.1, 0.15) is 17.5 Å². The number of anilines is 1. The third-order valence-corrected chi connectivity index (χ3v) is 4.90. The maximum atomic E-state index is 13.6. The van der Waals surface area contributed by atoms with Gasteiger partial charge in [0.05, 0.1) is 24.7 Å². The lowest BCUT2D eigenvalue weighted by molar-refractivity contribution is -0.384. The number of carbonyl (C=O) groups is 2. The molecule has 0 saturated carbocycles. The Morgan fingerprint density at radius 3 is 2.56 bits per heavy atom. The molecule has 2 aromatic carbocycles. The van der Waals surface area contributed by atoms with E-state index in [1.165, 1.54) is 43.2 Å². The van der Waals surface area contributed by atoms with Crippen LogP contribution in [0.2, 0.25) is 0 Å². The highest BCUT2D eigenvalue weighted by Crippen LogP contribution is 2.37. The number of nitro benzene ring substituents is 1. The second-order valence-electron chi connectivity index (χ2n) is 6.66. The third-order valence-electron chi connectivity index (χ3n) is 4.90. The number of hydrogen-bond donors (Lipinski definition) is 1. The van der Waals surface area contributed by atoms with Gasteiger partial charge in [-0.15, -0.1) is 0 Å². The molecule has 0 amide bonds. The zero-order valence-corrected chi connectivity index (χ0v) is 16.9. The standard InChI is InChI=1S/C20H16N6O6/c1-31-14-5-3-4-12(10-14)17-15(18(27)11-6-8-13(9-7-11)26(29)30)16(19(28)32-2)21-20-22-23-24-25(17)20/h3-10,17H,1-2H3,(H,21,22,24)/t17-/m0/s1. The molecule has 0 saturated heterocycles. The molecule has 2 heterocycles. The fraction of sp³-hybridized carbons (Fsp3) is 0.150. The molecule has 0 radical (unpaired) electrons. The molecule has 1 N–H and O–H groups in total. The van der Waals surface area contributed by atoms with Crippen LogP contribution in [0.25, 0.3) is 0 Å². The molecule has 0 bridgehead atoms. The van der Waals surface area contributed by atoms with Crippen molar-refractivity contribution in [2.24, 2.45) is 0 Å². The zero-order valence-electron chi connectivity index (χ0n) is 16.9. The minimum absolute atomic E-state index is 0.0127. The molecule has 3 aromatic rings. The van der Waals surface area contributed by atoms with Gasteiger partial charge in [-0.3, -0.25) is 14.9 Å². The number of aromatic nitrogens is 4. The van der Waals surface area contributed by atoms with Crippen molar-refractivity contribution in [3.05, 3.63) is 81.0 Å². The Bertz CT molecular complexity index is 1250. The Morgan fingerprint density at radius 1 is 1.16 bits per heavy atom. The number of benzene rings is 2. The SMILES string of the molecule is COC(=O)C1=C(C(=O)c2ccc([N+](=O)[O-])cc2)[C@H](c2cccc(OC)c2)n2nnnc2N1. The molecule has 12 heteroatoms. The summed E-state index contributed by atoms with van der Waals surface area (Å²) in [7, 11) is 2.69. The number of Topliss-reactive ketones (excluding diaryl/α,β-unsaturated/α-hetero) is 1. The first-order chi connectivity index (χ1) is 15.4. The molecule has 1 aliphatic heterocycles. The van der Waals surface area contributed by atoms with E-state index in [2.05, 4.69) is 20.8 Å². The molecular formula is C20H16N6O6. The summed E-state index contributed by atoms with van der Waals surface area (Å²) in [5.41, 5.74) is 0.423. The first-order valence-electron chi connectivity index (χ1n) is 9.25. The fourth-order valence-corrected chi connectivity index (χ4v) is 3.40. The second kappa shape index (κ2) is 8.26. The highest BCUT2D eigenvalue weighted by molar-refractivity contribution is 6.15. The molecule has 0 aliphatic carbocycles. The van der Waals surface area contributed by atoms with Gasteiger partial charge >= 0.3 is 5.97 Å². The Balaban J connectivity index is 1.92. The number of ketones is 1. The van der Waals surface area contributed by atoms with Crippen LogP contribution in [-0.4, -0.2) is 51.1 Å². The zero-order chi connectivity index (χ0) is 22.8. The van der Waals surface area contributed by atoms with Crippen molar-refractivity contribution in [1.82, 2.24) is 20.2 Å². The van der Waals surface area contributed by atoms with E-state index in [1.54, 1.807) is 24.3 Å². The topological polar surface area (TPSA) is 151 Å². The molecule has 12 nitrogen and oxygen atoms in total. The number of esters is 1. The number of nitrogens with zero attached hydrogens (tertiary/aromatic N) is 5. The summed E-state index contributed by atoms with van der Waals surface area (Å²) in [6, 6.07) is 11.1.